The quantitative estimate of drug-likeness (QED) is 0.442. The van der Waals surface area contributed by atoms with Gasteiger partial charge >= 0.3 is 0 Å². The molecule has 2 aromatic carbocycles. The van der Waals surface area contributed by atoms with Gasteiger partial charge in [0.05, 0.1) is 5.75 Å². The molecule has 150 valence electrons. The predicted molar refractivity (Wildman–Crippen MR) is 116 cm³/mol. The van der Waals surface area contributed by atoms with Gasteiger partial charge in [-0.2, -0.15) is 4.68 Å². The molecular formula is C20H20ClN5O2S. The minimum Gasteiger partial charge on any atom is -0.334 e. The first kappa shape index (κ1) is 20.9. The van der Waals surface area contributed by atoms with Gasteiger partial charge in [-0.05, 0) is 41.8 Å². The monoisotopic (exact) mass is 429 g/mol. The van der Waals surface area contributed by atoms with Crippen LogP contribution in [0.4, 0.5) is 5.69 Å². The number of carbonyl (C=O) groups excluding carboxylic acids is 1. The Balaban J connectivity index is 1.62. The predicted octanol–water partition coefficient (Wildman–Crippen LogP) is 2.89. The van der Waals surface area contributed by atoms with E-state index in [0.29, 0.717) is 17.1 Å². The highest BCUT2D eigenvalue weighted by Gasteiger charge is 2.13. The molecular weight excluding hydrogens is 410 g/mol. The molecule has 9 heteroatoms. The van der Waals surface area contributed by atoms with Crippen molar-refractivity contribution in [2.75, 3.05) is 16.9 Å². The number of aromatic nitrogens is 3. The minimum atomic E-state index is -0.451. The number of thioether (sulfide) groups is 1. The first-order valence-corrected chi connectivity index (χ1v) is 10.3. The van der Waals surface area contributed by atoms with E-state index < -0.39 is 5.56 Å². The maximum atomic E-state index is 12.5. The summed E-state index contributed by atoms with van der Waals surface area (Å²) >= 11 is 6.92. The highest BCUT2D eigenvalue weighted by Crippen LogP contribution is 2.15. The van der Waals surface area contributed by atoms with Gasteiger partial charge < -0.3 is 11.2 Å². The molecule has 3 rings (SSSR count). The molecule has 1 amide bonds. The second-order valence-electron chi connectivity index (χ2n) is 6.29. The number of hydrogen-bond donors (Lipinski definition) is 2. The molecule has 0 fully saturated rings. The van der Waals surface area contributed by atoms with Crippen LogP contribution in [0.2, 0.25) is 5.02 Å². The maximum Gasteiger partial charge on any atom is 0.294 e. The Kier molecular flexibility index (Phi) is 6.90. The van der Waals surface area contributed by atoms with Crippen LogP contribution in [0.5, 0.6) is 0 Å². The number of nitrogens with zero attached hydrogens (tertiary/aromatic N) is 3. The molecule has 0 bridgehead atoms. The van der Waals surface area contributed by atoms with Crippen LogP contribution in [-0.4, -0.2) is 26.5 Å². The average molecular weight is 430 g/mol. The molecule has 29 heavy (non-hydrogen) atoms. The molecule has 7 nitrogen and oxygen atoms in total. The summed E-state index contributed by atoms with van der Waals surface area (Å²) in [7, 11) is 0. The van der Waals surface area contributed by atoms with Gasteiger partial charge in [0.25, 0.3) is 5.56 Å². The number of nitrogens with one attached hydrogen (secondary N) is 1. The Bertz CT molecular complexity index is 1050. The van der Waals surface area contributed by atoms with E-state index in [4.69, 9.17) is 17.4 Å². The zero-order valence-corrected chi connectivity index (χ0v) is 17.3. The summed E-state index contributed by atoms with van der Waals surface area (Å²) in [6.45, 7) is 2.07. The number of aryl methyl sites for hydroxylation is 1. The Morgan fingerprint density at radius 1 is 1.10 bits per heavy atom. The Morgan fingerprint density at radius 2 is 1.76 bits per heavy atom. The molecule has 0 saturated heterocycles. The number of rotatable bonds is 7. The third-order valence-electron chi connectivity index (χ3n) is 4.19. The number of nitrogens with two attached hydrogens (primary N) is 1. The first-order chi connectivity index (χ1) is 14.0. The topological polar surface area (TPSA) is 103 Å². The van der Waals surface area contributed by atoms with Crippen molar-refractivity contribution in [1.82, 2.24) is 14.9 Å². The van der Waals surface area contributed by atoms with E-state index in [1.54, 1.807) is 12.1 Å². The molecule has 3 aromatic rings. The number of nitrogen functional groups attached to an aromatic ring is 1. The average Bonchev–Trinajstić information content (AvgIpc) is 2.73. The van der Waals surface area contributed by atoms with Crippen LogP contribution in [0, 0.1) is 0 Å². The van der Waals surface area contributed by atoms with Crippen molar-refractivity contribution in [1.29, 1.82) is 0 Å². The van der Waals surface area contributed by atoms with Gasteiger partial charge in [0.2, 0.25) is 11.1 Å². The molecule has 1 heterocycles. The van der Waals surface area contributed by atoms with E-state index in [1.807, 2.05) is 36.4 Å². The van der Waals surface area contributed by atoms with Gasteiger partial charge in [-0.1, -0.05) is 54.6 Å². The van der Waals surface area contributed by atoms with Crippen LogP contribution in [-0.2, 0) is 17.6 Å². The molecule has 0 aliphatic heterocycles. The molecule has 0 unspecified atom stereocenters. The highest BCUT2D eigenvalue weighted by atomic mass is 35.5. The number of benzene rings is 2. The molecule has 0 saturated carbocycles. The fraction of sp³-hybridized carbons (Fsp3) is 0.200. The van der Waals surface area contributed by atoms with Crippen molar-refractivity contribution >= 4 is 35.0 Å². The number of anilines is 1. The Hall–Kier alpha value is -2.84. The summed E-state index contributed by atoms with van der Waals surface area (Å²) in [5.74, 6) is 5.69. The zero-order valence-electron chi connectivity index (χ0n) is 15.8. The second-order valence-corrected chi connectivity index (χ2v) is 7.67. The van der Waals surface area contributed by atoms with Crippen molar-refractivity contribution in [3.8, 4) is 0 Å². The zero-order chi connectivity index (χ0) is 20.8. The molecule has 0 atom stereocenters. The third-order valence-corrected chi connectivity index (χ3v) is 5.39. The van der Waals surface area contributed by atoms with Gasteiger partial charge in [0, 0.05) is 17.1 Å². The lowest BCUT2D eigenvalue weighted by Gasteiger charge is -2.08. The Morgan fingerprint density at radius 3 is 2.41 bits per heavy atom. The largest absolute Gasteiger partial charge is 0.334 e. The van der Waals surface area contributed by atoms with Crippen LogP contribution in [0.3, 0.4) is 0 Å². The fourth-order valence-electron chi connectivity index (χ4n) is 2.58. The van der Waals surface area contributed by atoms with Gasteiger partial charge in [-0.15, -0.1) is 10.2 Å². The summed E-state index contributed by atoms with van der Waals surface area (Å²) < 4.78 is 0.923. The van der Waals surface area contributed by atoms with Gasteiger partial charge in [-0.25, -0.2) is 0 Å². The molecule has 0 spiro atoms. The van der Waals surface area contributed by atoms with E-state index in [1.165, 1.54) is 5.56 Å². The van der Waals surface area contributed by atoms with Crippen molar-refractivity contribution in [3.05, 3.63) is 80.7 Å². The lowest BCUT2D eigenvalue weighted by Crippen LogP contribution is -2.34. The van der Waals surface area contributed by atoms with E-state index in [0.717, 1.165) is 28.4 Å². The number of amides is 1. The fourth-order valence-corrected chi connectivity index (χ4v) is 3.35. The molecule has 0 aliphatic carbocycles. The van der Waals surface area contributed by atoms with Crippen LogP contribution >= 0.6 is 23.4 Å². The standard InChI is InChI=1S/C20H20ClN5O2S/c1-2-13-5-9-16(10-6-13)23-18(27)12-29-20-25-24-17(19(28)26(20)22)11-14-3-7-15(21)8-4-14/h3-10H,2,11-12,22H2,1H3,(H,23,27). The summed E-state index contributed by atoms with van der Waals surface area (Å²) in [5, 5.41) is 11.6. The highest BCUT2D eigenvalue weighted by molar-refractivity contribution is 7.99. The van der Waals surface area contributed by atoms with Crippen LogP contribution < -0.4 is 16.7 Å². The van der Waals surface area contributed by atoms with Gasteiger partial charge in [0.15, 0.2) is 0 Å². The molecule has 3 N–H and O–H groups in total. The maximum absolute atomic E-state index is 12.5. The van der Waals surface area contributed by atoms with Crippen LogP contribution in [0.1, 0.15) is 23.7 Å². The lowest BCUT2D eigenvalue weighted by atomic mass is 10.1. The van der Waals surface area contributed by atoms with Crippen molar-refractivity contribution < 1.29 is 4.79 Å². The van der Waals surface area contributed by atoms with E-state index in [2.05, 4.69) is 22.4 Å². The summed E-state index contributed by atoms with van der Waals surface area (Å²) in [6.07, 6.45) is 1.23. The summed E-state index contributed by atoms with van der Waals surface area (Å²) in [6, 6.07) is 14.7. The van der Waals surface area contributed by atoms with Gasteiger partial charge in [0.1, 0.15) is 5.69 Å². The third kappa shape index (κ3) is 5.58. The Labute approximate surface area is 177 Å². The van der Waals surface area contributed by atoms with E-state index >= 15 is 0 Å². The minimum absolute atomic E-state index is 0.0530. The summed E-state index contributed by atoms with van der Waals surface area (Å²) in [4.78, 5) is 24.6. The first-order valence-electron chi connectivity index (χ1n) is 8.96. The molecule has 1 aromatic heterocycles. The van der Waals surface area contributed by atoms with Crippen LogP contribution in [0.15, 0.2) is 58.5 Å². The number of halogens is 1. The van der Waals surface area contributed by atoms with E-state index in [9.17, 15) is 9.59 Å². The van der Waals surface area contributed by atoms with Crippen molar-refractivity contribution in [2.24, 2.45) is 0 Å². The van der Waals surface area contributed by atoms with Crippen molar-refractivity contribution in [2.45, 2.75) is 24.9 Å². The number of carbonyl (C=O) groups is 1. The van der Waals surface area contributed by atoms with E-state index in [-0.39, 0.29) is 22.5 Å². The van der Waals surface area contributed by atoms with Crippen LogP contribution in [0.25, 0.3) is 0 Å². The number of hydrogen-bond acceptors (Lipinski definition) is 6. The smallest absolute Gasteiger partial charge is 0.294 e. The molecule has 0 radical (unpaired) electrons. The summed E-state index contributed by atoms with van der Waals surface area (Å²) in [5.41, 5.74) is 2.54. The lowest BCUT2D eigenvalue weighted by molar-refractivity contribution is -0.113. The second kappa shape index (κ2) is 9.58. The van der Waals surface area contributed by atoms with Gasteiger partial charge in [-0.3, -0.25) is 9.59 Å². The SMILES string of the molecule is CCc1ccc(NC(=O)CSc2nnc(Cc3ccc(Cl)cc3)c(=O)n2N)cc1. The van der Waals surface area contributed by atoms with Crippen molar-refractivity contribution in [3.63, 3.8) is 0 Å². The normalized spacial score (nSPS) is 10.7. The molecule has 0 aliphatic rings.